The molecule has 1 aromatic heterocycles. The van der Waals surface area contributed by atoms with Crippen molar-refractivity contribution in [2.45, 2.75) is 0 Å². The van der Waals surface area contributed by atoms with E-state index in [0.717, 1.165) is 22.7 Å². The topological polar surface area (TPSA) is 8.17 Å². The molecule has 0 spiro atoms. The van der Waals surface area contributed by atoms with Gasteiger partial charge in [-0.2, -0.15) is 0 Å². The second-order valence-electron chi connectivity index (χ2n) is 10.6. The fraction of sp³-hybridized carbons (Fsp3) is 0. The third kappa shape index (κ3) is 3.88. The van der Waals surface area contributed by atoms with Gasteiger partial charge in [0.2, 0.25) is 0 Å². The van der Waals surface area contributed by atoms with Crippen LogP contribution in [0.5, 0.6) is 0 Å². The largest absolute Gasteiger partial charge is 0.308 e. The quantitative estimate of drug-likeness (QED) is 0.212. The summed E-state index contributed by atoms with van der Waals surface area (Å²) in [6.07, 6.45) is 0. The molecule has 2 heteroatoms. The molecule has 42 heavy (non-hydrogen) atoms. The van der Waals surface area contributed by atoms with Crippen LogP contribution in [0.1, 0.15) is 0 Å². The van der Waals surface area contributed by atoms with Gasteiger partial charge < -0.3 is 9.47 Å². The van der Waals surface area contributed by atoms with E-state index in [1.807, 2.05) is 0 Å². The summed E-state index contributed by atoms with van der Waals surface area (Å²) in [6.45, 7) is 0. The van der Waals surface area contributed by atoms with Crippen LogP contribution in [-0.2, 0) is 0 Å². The van der Waals surface area contributed by atoms with E-state index in [2.05, 4.69) is 179 Å². The average Bonchev–Trinajstić information content (AvgIpc) is 3.41. The van der Waals surface area contributed by atoms with Crippen LogP contribution in [0.15, 0.2) is 170 Å². The van der Waals surface area contributed by atoms with Crippen molar-refractivity contribution in [3.63, 3.8) is 0 Å². The predicted molar refractivity (Wildman–Crippen MR) is 178 cm³/mol. The van der Waals surface area contributed by atoms with Gasteiger partial charge in [0.05, 0.1) is 22.4 Å². The summed E-state index contributed by atoms with van der Waals surface area (Å²) < 4.78 is 2.44. The van der Waals surface area contributed by atoms with Crippen molar-refractivity contribution in [1.82, 2.24) is 4.57 Å². The highest BCUT2D eigenvalue weighted by Gasteiger charge is 2.21. The lowest BCUT2D eigenvalue weighted by Crippen LogP contribution is -2.12. The van der Waals surface area contributed by atoms with E-state index >= 15 is 0 Å². The molecule has 0 radical (unpaired) electrons. The Morgan fingerprint density at radius 1 is 0.405 bits per heavy atom. The smallest absolute Gasteiger partial charge is 0.0702 e. The van der Waals surface area contributed by atoms with Gasteiger partial charge in [-0.05, 0) is 70.4 Å². The molecule has 0 saturated carbocycles. The molecule has 0 atom stereocenters. The molecule has 198 valence electrons. The van der Waals surface area contributed by atoms with Crippen LogP contribution < -0.4 is 4.90 Å². The van der Waals surface area contributed by atoms with E-state index in [4.69, 9.17) is 0 Å². The van der Waals surface area contributed by atoms with Gasteiger partial charge in [-0.25, -0.2) is 0 Å². The van der Waals surface area contributed by atoms with Gasteiger partial charge >= 0.3 is 0 Å². The van der Waals surface area contributed by atoms with E-state index < -0.39 is 0 Å². The number of para-hydroxylation sites is 5. The minimum Gasteiger partial charge on any atom is -0.308 e. The molecule has 8 rings (SSSR count). The zero-order chi connectivity index (χ0) is 27.9. The summed E-state index contributed by atoms with van der Waals surface area (Å²) in [5, 5.41) is 5.07. The molecule has 0 saturated heterocycles. The van der Waals surface area contributed by atoms with Crippen molar-refractivity contribution >= 4 is 49.6 Å². The van der Waals surface area contributed by atoms with E-state index in [9.17, 15) is 0 Å². The number of anilines is 3. The minimum absolute atomic E-state index is 1.12. The number of fused-ring (bicyclic) bond motifs is 5. The molecule has 0 bridgehead atoms. The summed E-state index contributed by atoms with van der Waals surface area (Å²) in [6, 6.07) is 60.8. The van der Waals surface area contributed by atoms with Gasteiger partial charge in [0.15, 0.2) is 0 Å². The number of aromatic nitrogens is 1. The van der Waals surface area contributed by atoms with Crippen LogP contribution in [-0.4, -0.2) is 4.57 Å². The van der Waals surface area contributed by atoms with E-state index in [1.54, 1.807) is 0 Å². The van der Waals surface area contributed by atoms with Crippen LogP contribution >= 0.6 is 0 Å². The molecule has 8 aromatic rings. The van der Waals surface area contributed by atoms with Gasteiger partial charge in [0.25, 0.3) is 0 Å². The van der Waals surface area contributed by atoms with Crippen molar-refractivity contribution in [2.75, 3.05) is 4.90 Å². The highest BCUT2D eigenvalue weighted by Crippen LogP contribution is 2.44. The first-order chi connectivity index (χ1) is 20.9. The Labute approximate surface area is 245 Å². The number of hydrogen-bond donors (Lipinski definition) is 0. The molecule has 0 unspecified atom stereocenters. The first kappa shape index (κ1) is 24.2. The molecule has 7 aromatic carbocycles. The first-order valence-corrected chi connectivity index (χ1v) is 14.4. The lowest BCUT2D eigenvalue weighted by molar-refractivity contribution is 1.15. The number of benzene rings is 7. The Bertz CT molecular complexity index is 2140. The van der Waals surface area contributed by atoms with E-state index in [-0.39, 0.29) is 0 Å². The first-order valence-electron chi connectivity index (χ1n) is 14.4. The van der Waals surface area contributed by atoms with Crippen LogP contribution in [0.25, 0.3) is 49.4 Å². The summed E-state index contributed by atoms with van der Waals surface area (Å²) in [5.41, 5.74) is 9.36. The van der Waals surface area contributed by atoms with Crippen LogP contribution in [0.3, 0.4) is 0 Å². The average molecular weight is 537 g/mol. The standard InChI is InChI=1S/C40H28N2/c1-4-15-29(16-5-1)33-23-14-17-30-27-28-38-40(39(30)33)34-22-10-11-24-35(34)42(38)37-26-13-12-25-36(37)41(31-18-6-2-7-19-31)32-20-8-3-9-21-32/h1-28H. The molecule has 1 heterocycles. The molecular weight excluding hydrogens is 508 g/mol. The van der Waals surface area contributed by atoms with E-state index in [1.165, 1.54) is 43.7 Å². The summed E-state index contributed by atoms with van der Waals surface area (Å²) >= 11 is 0. The van der Waals surface area contributed by atoms with Crippen molar-refractivity contribution in [1.29, 1.82) is 0 Å². The molecular formula is C40H28N2. The molecule has 0 aliphatic heterocycles. The third-order valence-electron chi connectivity index (χ3n) is 8.16. The van der Waals surface area contributed by atoms with Crippen molar-refractivity contribution in [3.8, 4) is 16.8 Å². The Balaban J connectivity index is 1.48. The summed E-state index contributed by atoms with van der Waals surface area (Å²) in [4.78, 5) is 2.35. The number of nitrogens with zero attached hydrogens (tertiary/aromatic N) is 2. The molecule has 2 nitrogen and oxygen atoms in total. The fourth-order valence-electron chi connectivity index (χ4n) is 6.38. The Kier molecular flexibility index (Phi) is 5.82. The summed E-state index contributed by atoms with van der Waals surface area (Å²) in [7, 11) is 0. The molecule has 0 fully saturated rings. The highest BCUT2D eigenvalue weighted by molar-refractivity contribution is 6.25. The maximum atomic E-state index is 2.44. The monoisotopic (exact) mass is 536 g/mol. The van der Waals surface area contributed by atoms with Gasteiger partial charge in [-0.1, -0.05) is 121 Å². The van der Waals surface area contributed by atoms with Gasteiger partial charge in [0, 0.05) is 22.1 Å². The van der Waals surface area contributed by atoms with Crippen LogP contribution in [0.4, 0.5) is 17.1 Å². The van der Waals surface area contributed by atoms with Crippen molar-refractivity contribution in [2.24, 2.45) is 0 Å². The summed E-state index contributed by atoms with van der Waals surface area (Å²) in [5.74, 6) is 0. The van der Waals surface area contributed by atoms with Gasteiger partial charge in [0.1, 0.15) is 0 Å². The maximum absolute atomic E-state index is 2.44. The third-order valence-corrected chi connectivity index (χ3v) is 8.16. The zero-order valence-corrected chi connectivity index (χ0v) is 23.1. The second-order valence-corrected chi connectivity index (χ2v) is 10.6. The minimum atomic E-state index is 1.12. The number of hydrogen-bond acceptors (Lipinski definition) is 1. The Hall–Kier alpha value is -5.60. The number of rotatable bonds is 5. The second kappa shape index (κ2) is 10.1. The van der Waals surface area contributed by atoms with E-state index in [0.29, 0.717) is 0 Å². The van der Waals surface area contributed by atoms with Crippen molar-refractivity contribution in [3.05, 3.63) is 170 Å². The fourth-order valence-corrected chi connectivity index (χ4v) is 6.38. The van der Waals surface area contributed by atoms with Crippen LogP contribution in [0.2, 0.25) is 0 Å². The molecule has 0 aliphatic rings. The van der Waals surface area contributed by atoms with Gasteiger partial charge in [-0.3, -0.25) is 0 Å². The zero-order valence-electron chi connectivity index (χ0n) is 23.1. The van der Waals surface area contributed by atoms with Crippen molar-refractivity contribution < 1.29 is 0 Å². The van der Waals surface area contributed by atoms with Gasteiger partial charge in [-0.15, -0.1) is 0 Å². The Morgan fingerprint density at radius 3 is 1.76 bits per heavy atom. The van der Waals surface area contributed by atoms with Crippen LogP contribution in [0, 0.1) is 0 Å². The normalized spacial score (nSPS) is 11.3. The maximum Gasteiger partial charge on any atom is 0.0702 e. The molecule has 0 N–H and O–H groups in total. The predicted octanol–water partition coefficient (Wildman–Crippen LogP) is 11.1. The lowest BCUT2D eigenvalue weighted by Gasteiger charge is -2.28. The Morgan fingerprint density at radius 2 is 1.02 bits per heavy atom. The highest BCUT2D eigenvalue weighted by atomic mass is 15.2. The lowest BCUT2D eigenvalue weighted by atomic mass is 9.94. The molecule has 0 amide bonds. The SMILES string of the molecule is c1ccc(-c2cccc3ccc4c(c5ccccc5n4-c4ccccc4N(c4ccccc4)c4ccccc4)c23)cc1. The molecule has 0 aliphatic carbocycles.